The van der Waals surface area contributed by atoms with E-state index in [-0.39, 0.29) is 0 Å². The van der Waals surface area contributed by atoms with E-state index in [4.69, 9.17) is 16.3 Å². The fourth-order valence-electron chi connectivity index (χ4n) is 2.02. The van der Waals surface area contributed by atoms with Gasteiger partial charge in [0.2, 0.25) is 0 Å². The van der Waals surface area contributed by atoms with E-state index in [0.717, 1.165) is 50.1 Å². The van der Waals surface area contributed by atoms with Crippen LogP contribution in [0, 0.1) is 6.92 Å². The van der Waals surface area contributed by atoms with Crippen LogP contribution in [-0.4, -0.2) is 44.3 Å². The number of aryl methyl sites for hydroxylation is 1. The van der Waals surface area contributed by atoms with Crippen LogP contribution in [0.4, 0.5) is 5.69 Å². The van der Waals surface area contributed by atoms with Gasteiger partial charge in [0.1, 0.15) is 0 Å². The number of halogens is 1. The van der Waals surface area contributed by atoms with E-state index in [2.05, 4.69) is 23.2 Å². The molecule has 0 unspecified atom stereocenters. The van der Waals surface area contributed by atoms with Crippen LogP contribution in [0.2, 0.25) is 5.02 Å². The first-order valence-corrected chi connectivity index (χ1v) is 6.44. The van der Waals surface area contributed by atoms with E-state index >= 15 is 0 Å². The van der Waals surface area contributed by atoms with Crippen molar-refractivity contribution in [1.29, 1.82) is 0 Å². The zero-order valence-corrected chi connectivity index (χ0v) is 11.0. The van der Waals surface area contributed by atoms with E-state index in [1.165, 1.54) is 5.56 Å². The van der Waals surface area contributed by atoms with Gasteiger partial charge in [-0.05, 0) is 18.6 Å². The molecule has 1 fully saturated rings. The Bertz CT molecular complexity index is 344. The molecule has 0 radical (unpaired) electrons. The van der Waals surface area contributed by atoms with Crippen molar-refractivity contribution in [3.05, 3.63) is 28.8 Å². The fraction of sp³-hybridized carbons (Fsp3) is 0.538. The summed E-state index contributed by atoms with van der Waals surface area (Å²) in [6.45, 7) is 7.80. The molecule has 2 rings (SSSR count). The Labute approximate surface area is 108 Å². The number of para-hydroxylation sites is 1. The van der Waals surface area contributed by atoms with Crippen LogP contribution in [-0.2, 0) is 4.74 Å². The van der Waals surface area contributed by atoms with E-state index < -0.39 is 0 Å². The third-order valence-electron chi connectivity index (χ3n) is 3.06. The Hall–Kier alpha value is -0.770. The molecule has 0 saturated carbocycles. The van der Waals surface area contributed by atoms with Gasteiger partial charge in [-0.1, -0.05) is 23.7 Å². The van der Waals surface area contributed by atoms with Gasteiger partial charge >= 0.3 is 0 Å². The summed E-state index contributed by atoms with van der Waals surface area (Å²) in [6, 6.07) is 5.97. The lowest BCUT2D eigenvalue weighted by molar-refractivity contribution is 0.0398. The number of nitrogens with zero attached hydrogens (tertiary/aromatic N) is 1. The number of anilines is 1. The van der Waals surface area contributed by atoms with Crippen molar-refractivity contribution in [2.24, 2.45) is 0 Å². The summed E-state index contributed by atoms with van der Waals surface area (Å²) in [4.78, 5) is 2.41. The summed E-state index contributed by atoms with van der Waals surface area (Å²) >= 11 is 6.15. The average Bonchev–Trinajstić information content (AvgIpc) is 2.34. The molecule has 0 atom stereocenters. The van der Waals surface area contributed by atoms with Crippen molar-refractivity contribution in [3.63, 3.8) is 0 Å². The van der Waals surface area contributed by atoms with Crippen molar-refractivity contribution in [2.45, 2.75) is 6.92 Å². The lowest BCUT2D eigenvalue weighted by Crippen LogP contribution is -2.39. The Kier molecular flexibility index (Phi) is 4.66. The number of hydrogen-bond donors (Lipinski definition) is 1. The van der Waals surface area contributed by atoms with Gasteiger partial charge in [0.15, 0.2) is 0 Å². The third-order valence-corrected chi connectivity index (χ3v) is 3.37. The van der Waals surface area contributed by atoms with Crippen molar-refractivity contribution in [2.75, 3.05) is 44.7 Å². The molecule has 1 aromatic rings. The SMILES string of the molecule is Cc1cccc(Cl)c1NCCN1CCOCC1. The molecule has 1 heterocycles. The Morgan fingerprint density at radius 3 is 2.82 bits per heavy atom. The molecule has 1 N–H and O–H groups in total. The molecule has 1 aliphatic heterocycles. The predicted molar refractivity (Wildman–Crippen MR) is 71.9 cm³/mol. The van der Waals surface area contributed by atoms with Crippen molar-refractivity contribution in [3.8, 4) is 0 Å². The minimum absolute atomic E-state index is 0.798. The second-order valence-corrected chi connectivity index (χ2v) is 4.72. The molecule has 0 aromatic heterocycles. The van der Waals surface area contributed by atoms with Gasteiger partial charge in [-0.2, -0.15) is 0 Å². The van der Waals surface area contributed by atoms with Gasteiger partial charge in [0.25, 0.3) is 0 Å². The number of rotatable bonds is 4. The number of hydrogen-bond acceptors (Lipinski definition) is 3. The molecule has 1 aliphatic rings. The first-order valence-electron chi connectivity index (χ1n) is 6.06. The van der Waals surface area contributed by atoms with Crippen molar-refractivity contribution < 1.29 is 4.74 Å². The topological polar surface area (TPSA) is 24.5 Å². The molecule has 0 amide bonds. The van der Waals surface area contributed by atoms with Gasteiger partial charge in [0, 0.05) is 26.2 Å². The zero-order valence-electron chi connectivity index (χ0n) is 10.2. The lowest BCUT2D eigenvalue weighted by atomic mass is 10.2. The standard InChI is InChI=1S/C13H19ClN2O/c1-11-3-2-4-12(14)13(11)15-5-6-16-7-9-17-10-8-16/h2-4,15H,5-10H2,1H3. The summed E-state index contributed by atoms with van der Waals surface area (Å²) in [7, 11) is 0. The van der Waals surface area contributed by atoms with Gasteiger partial charge in [-0.25, -0.2) is 0 Å². The van der Waals surface area contributed by atoms with Crippen molar-refractivity contribution in [1.82, 2.24) is 4.90 Å². The molecular formula is C13H19ClN2O. The van der Waals surface area contributed by atoms with Crippen LogP contribution in [0.15, 0.2) is 18.2 Å². The highest BCUT2D eigenvalue weighted by Gasteiger charge is 2.10. The molecule has 3 nitrogen and oxygen atoms in total. The van der Waals surface area contributed by atoms with Crippen LogP contribution >= 0.6 is 11.6 Å². The fourth-order valence-corrected chi connectivity index (χ4v) is 2.31. The maximum absolute atomic E-state index is 6.15. The number of ether oxygens (including phenoxy) is 1. The summed E-state index contributed by atoms with van der Waals surface area (Å²) in [6.07, 6.45) is 0. The molecule has 17 heavy (non-hydrogen) atoms. The van der Waals surface area contributed by atoms with Crippen molar-refractivity contribution >= 4 is 17.3 Å². The smallest absolute Gasteiger partial charge is 0.0640 e. The first kappa shape index (κ1) is 12.7. The summed E-state index contributed by atoms with van der Waals surface area (Å²) < 4.78 is 5.32. The van der Waals surface area contributed by atoms with Crippen LogP contribution in [0.1, 0.15) is 5.56 Å². The molecule has 0 bridgehead atoms. The molecular weight excluding hydrogens is 236 g/mol. The first-order chi connectivity index (χ1) is 8.27. The van der Waals surface area contributed by atoms with Gasteiger partial charge in [0.05, 0.1) is 23.9 Å². The number of benzene rings is 1. The van der Waals surface area contributed by atoms with Crippen LogP contribution in [0.5, 0.6) is 0 Å². The molecule has 0 aliphatic carbocycles. The minimum atomic E-state index is 0.798. The number of morpholine rings is 1. The molecule has 94 valence electrons. The van der Waals surface area contributed by atoms with Crippen LogP contribution in [0.3, 0.4) is 0 Å². The Morgan fingerprint density at radius 2 is 2.12 bits per heavy atom. The molecule has 1 saturated heterocycles. The van der Waals surface area contributed by atoms with Crippen LogP contribution < -0.4 is 5.32 Å². The normalized spacial score (nSPS) is 17.1. The molecule has 1 aromatic carbocycles. The number of nitrogens with one attached hydrogen (secondary N) is 1. The van der Waals surface area contributed by atoms with E-state index in [9.17, 15) is 0 Å². The lowest BCUT2D eigenvalue weighted by Gasteiger charge is -2.26. The summed E-state index contributed by atoms with van der Waals surface area (Å²) in [5, 5.41) is 4.21. The largest absolute Gasteiger partial charge is 0.382 e. The Morgan fingerprint density at radius 1 is 1.35 bits per heavy atom. The highest BCUT2D eigenvalue weighted by atomic mass is 35.5. The summed E-state index contributed by atoms with van der Waals surface area (Å²) in [5.41, 5.74) is 2.25. The maximum Gasteiger partial charge on any atom is 0.0640 e. The summed E-state index contributed by atoms with van der Waals surface area (Å²) in [5.74, 6) is 0. The Balaban J connectivity index is 1.81. The highest BCUT2D eigenvalue weighted by Crippen LogP contribution is 2.24. The highest BCUT2D eigenvalue weighted by molar-refractivity contribution is 6.33. The van der Waals surface area contributed by atoms with E-state index in [0.29, 0.717) is 0 Å². The van der Waals surface area contributed by atoms with Gasteiger partial charge < -0.3 is 10.1 Å². The second kappa shape index (κ2) is 6.24. The monoisotopic (exact) mass is 254 g/mol. The van der Waals surface area contributed by atoms with Gasteiger partial charge in [-0.3, -0.25) is 4.90 Å². The zero-order chi connectivity index (χ0) is 12.1. The predicted octanol–water partition coefficient (Wildman–Crippen LogP) is 2.39. The van der Waals surface area contributed by atoms with E-state index in [1.807, 2.05) is 12.1 Å². The third kappa shape index (κ3) is 3.60. The van der Waals surface area contributed by atoms with Crippen LogP contribution in [0.25, 0.3) is 0 Å². The molecule has 4 heteroatoms. The quantitative estimate of drug-likeness (QED) is 0.893. The molecule has 0 spiro atoms. The second-order valence-electron chi connectivity index (χ2n) is 4.31. The van der Waals surface area contributed by atoms with E-state index in [1.54, 1.807) is 0 Å². The minimum Gasteiger partial charge on any atom is -0.382 e. The maximum atomic E-state index is 6.15. The van der Waals surface area contributed by atoms with Gasteiger partial charge in [-0.15, -0.1) is 0 Å². The average molecular weight is 255 g/mol.